The van der Waals surface area contributed by atoms with Crippen LogP contribution in [-0.4, -0.2) is 5.75 Å². The highest BCUT2D eigenvalue weighted by Crippen LogP contribution is 2.18. The van der Waals surface area contributed by atoms with Crippen molar-refractivity contribution in [3.05, 3.63) is 42.0 Å². The lowest BCUT2D eigenvalue weighted by Gasteiger charge is -2.04. The van der Waals surface area contributed by atoms with Crippen molar-refractivity contribution in [3.8, 4) is 0 Å². The maximum atomic E-state index is 4.21. The van der Waals surface area contributed by atoms with Crippen molar-refractivity contribution in [2.75, 3.05) is 5.75 Å². The minimum absolute atomic E-state index is 0.974. The van der Waals surface area contributed by atoms with Gasteiger partial charge in [-0.25, -0.2) is 0 Å². The molecule has 0 bridgehead atoms. The third kappa shape index (κ3) is 3.59. The van der Waals surface area contributed by atoms with Gasteiger partial charge in [-0.3, -0.25) is 0 Å². The summed E-state index contributed by atoms with van der Waals surface area (Å²) in [6, 6.07) is 10.6. The number of thiol groups is 1. The molecule has 0 atom stereocenters. The van der Waals surface area contributed by atoms with Gasteiger partial charge in [0.25, 0.3) is 0 Å². The van der Waals surface area contributed by atoms with Crippen LogP contribution in [0.15, 0.2) is 36.4 Å². The highest BCUT2D eigenvalue weighted by atomic mass is 32.1. The fourth-order valence-electron chi connectivity index (χ4n) is 1.49. The number of allylic oxidation sites excluding steroid dienone is 2. The molecule has 1 heteroatoms. The van der Waals surface area contributed by atoms with Crippen molar-refractivity contribution < 1.29 is 0 Å². The second kappa shape index (κ2) is 6.72. The monoisotopic (exact) mass is 206 g/mol. The second-order valence-electron chi connectivity index (χ2n) is 3.31. The summed E-state index contributed by atoms with van der Waals surface area (Å²) in [6.45, 7) is 2.21. The topological polar surface area (TPSA) is 0 Å². The molecule has 0 aliphatic rings. The summed E-state index contributed by atoms with van der Waals surface area (Å²) < 4.78 is 0. The maximum Gasteiger partial charge on any atom is -0.00950 e. The van der Waals surface area contributed by atoms with Crippen LogP contribution >= 0.6 is 12.6 Å². The Labute approximate surface area is 92.5 Å². The van der Waals surface area contributed by atoms with E-state index in [1.807, 2.05) is 0 Å². The first-order valence-electron chi connectivity index (χ1n) is 5.23. The van der Waals surface area contributed by atoms with Crippen LogP contribution in [0.4, 0.5) is 0 Å². The summed E-state index contributed by atoms with van der Waals surface area (Å²) in [7, 11) is 0. The van der Waals surface area contributed by atoms with Gasteiger partial charge in [0.05, 0.1) is 0 Å². The number of unbranched alkanes of at least 4 members (excludes halogenated alkanes) is 1. The molecular formula is C13H18S. The van der Waals surface area contributed by atoms with E-state index in [9.17, 15) is 0 Å². The van der Waals surface area contributed by atoms with Gasteiger partial charge in [-0.05, 0) is 36.2 Å². The maximum absolute atomic E-state index is 4.21. The summed E-state index contributed by atoms with van der Waals surface area (Å²) >= 11 is 4.21. The fraction of sp³-hybridized carbons (Fsp3) is 0.385. The van der Waals surface area contributed by atoms with Crippen molar-refractivity contribution in [1.29, 1.82) is 0 Å². The SMILES string of the molecule is CCC(=CCCCS)c1ccccc1. The summed E-state index contributed by atoms with van der Waals surface area (Å²) in [6.07, 6.45) is 5.75. The first kappa shape index (κ1) is 11.4. The van der Waals surface area contributed by atoms with Crippen molar-refractivity contribution in [2.24, 2.45) is 0 Å². The number of hydrogen-bond acceptors (Lipinski definition) is 1. The molecule has 0 unspecified atom stereocenters. The molecule has 0 aliphatic heterocycles. The lowest BCUT2D eigenvalue weighted by molar-refractivity contribution is 0.971. The molecule has 0 spiro atoms. The van der Waals surface area contributed by atoms with Gasteiger partial charge in [0.1, 0.15) is 0 Å². The fourth-order valence-corrected chi connectivity index (χ4v) is 1.67. The van der Waals surface area contributed by atoms with Gasteiger partial charge >= 0.3 is 0 Å². The molecule has 0 fully saturated rings. The van der Waals surface area contributed by atoms with Crippen LogP contribution in [0.3, 0.4) is 0 Å². The minimum atomic E-state index is 0.974. The largest absolute Gasteiger partial charge is 0.179 e. The van der Waals surface area contributed by atoms with Crippen LogP contribution in [0.5, 0.6) is 0 Å². The Bertz CT molecular complexity index is 275. The van der Waals surface area contributed by atoms with E-state index in [-0.39, 0.29) is 0 Å². The molecule has 0 radical (unpaired) electrons. The van der Waals surface area contributed by atoms with Gasteiger partial charge in [-0.2, -0.15) is 12.6 Å². The van der Waals surface area contributed by atoms with Crippen LogP contribution in [0.2, 0.25) is 0 Å². The molecule has 0 nitrogen and oxygen atoms in total. The van der Waals surface area contributed by atoms with Crippen molar-refractivity contribution >= 4 is 18.2 Å². The Morgan fingerprint density at radius 1 is 1.29 bits per heavy atom. The van der Waals surface area contributed by atoms with Crippen LogP contribution in [0.25, 0.3) is 5.57 Å². The standard InChI is InChI=1S/C13H18S/c1-2-12(8-6-7-11-14)13-9-4-3-5-10-13/h3-5,8-10,14H,2,6-7,11H2,1H3. The van der Waals surface area contributed by atoms with Gasteiger partial charge in [0, 0.05) is 0 Å². The number of rotatable bonds is 5. The van der Waals surface area contributed by atoms with E-state index in [1.54, 1.807) is 0 Å². The molecule has 1 rings (SSSR count). The predicted molar refractivity (Wildman–Crippen MR) is 67.8 cm³/mol. The third-order valence-corrected chi connectivity index (χ3v) is 2.59. The van der Waals surface area contributed by atoms with Crippen molar-refractivity contribution in [3.63, 3.8) is 0 Å². The molecule has 0 aliphatic carbocycles. The quantitative estimate of drug-likeness (QED) is 0.542. The molecule has 1 aromatic carbocycles. The van der Waals surface area contributed by atoms with Gasteiger partial charge < -0.3 is 0 Å². The predicted octanol–water partition coefficient (Wildman–Crippen LogP) is 4.19. The van der Waals surface area contributed by atoms with Gasteiger partial charge in [0.2, 0.25) is 0 Å². The van der Waals surface area contributed by atoms with Gasteiger partial charge in [-0.1, -0.05) is 43.3 Å². The first-order valence-corrected chi connectivity index (χ1v) is 5.87. The van der Waals surface area contributed by atoms with Crippen LogP contribution < -0.4 is 0 Å². The van der Waals surface area contributed by atoms with Crippen LogP contribution in [0.1, 0.15) is 31.7 Å². The lowest BCUT2D eigenvalue weighted by Crippen LogP contribution is -1.83. The molecule has 0 aromatic heterocycles. The zero-order valence-corrected chi connectivity index (χ0v) is 9.63. The molecule has 76 valence electrons. The molecule has 0 amide bonds. The molecule has 1 aromatic rings. The molecule has 0 saturated carbocycles. The summed E-state index contributed by atoms with van der Waals surface area (Å²) in [4.78, 5) is 0. The van der Waals surface area contributed by atoms with Crippen molar-refractivity contribution in [2.45, 2.75) is 26.2 Å². The summed E-state index contributed by atoms with van der Waals surface area (Å²) in [5.41, 5.74) is 2.81. The van der Waals surface area contributed by atoms with E-state index in [2.05, 4.69) is 56.0 Å². The Balaban J connectivity index is 2.67. The second-order valence-corrected chi connectivity index (χ2v) is 3.76. The third-order valence-electron chi connectivity index (χ3n) is 2.28. The smallest absolute Gasteiger partial charge is 0.00950 e. The average molecular weight is 206 g/mol. The first-order chi connectivity index (χ1) is 6.88. The highest BCUT2D eigenvalue weighted by Gasteiger charge is 1.96. The molecule has 14 heavy (non-hydrogen) atoms. The number of benzene rings is 1. The molecule has 0 heterocycles. The van der Waals surface area contributed by atoms with Gasteiger partial charge in [0.15, 0.2) is 0 Å². The molecule has 0 N–H and O–H groups in total. The lowest BCUT2D eigenvalue weighted by atomic mass is 10.0. The summed E-state index contributed by atoms with van der Waals surface area (Å²) in [5, 5.41) is 0. The normalized spacial score (nSPS) is 11.7. The minimum Gasteiger partial charge on any atom is -0.179 e. The zero-order chi connectivity index (χ0) is 10.2. The Kier molecular flexibility index (Phi) is 5.46. The van der Waals surface area contributed by atoms with Crippen LogP contribution in [-0.2, 0) is 0 Å². The average Bonchev–Trinajstić information content (AvgIpc) is 2.26. The summed E-state index contributed by atoms with van der Waals surface area (Å²) in [5.74, 6) is 0.974. The van der Waals surface area contributed by atoms with E-state index >= 15 is 0 Å². The van der Waals surface area contributed by atoms with Crippen LogP contribution in [0, 0.1) is 0 Å². The van der Waals surface area contributed by atoms with E-state index in [1.165, 1.54) is 17.6 Å². The molecular weight excluding hydrogens is 188 g/mol. The van der Waals surface area contributed by atoms with E-state index in [4.69, 9.17) is 0 Å². The number of hydrogen-bond donors (Lipinski definition) is 1. The Morgan fingerprint density at radius 3 is 2.57 bits per heavy atom. The van der Waals surface area contributed by atoms with Crippen molar-refractivity contribution in [1.82, 2.24) is 0 Å². The van der Waals surface area contributed by atoms with E-state index in [0.717, 1.165) is 18.6 Å². The van der Waals surface area contributed by atoms with E-state index in [0.29, 0.717) is 0 Å². The molecule has 0 saturated heterocycles. The highest BCUT2D eigenvalue weighted by molar-refractivity contribution is 7.80. The Hall–Kier alpha value is -0.690. The zero-order valence-electron chi connectivity index (χ0n) is 8.74. The Morgan fingerprint density at radius 2 is 2.00 bits per heavy atom. The van der Waals surface area contributed by atoms with E-state index < -0.39 is 0 Å². The van der Waals surface area contributed by atoms with Gasteiger partial charge in [-0.15, -0.1) is 0 Å².